The van der Waals surface area contributed by atoms with E-state index in [9.17, 15) is 57.1 Å². The molecule has 2 saturated heterocycles. The number of halogens is 13. The third-order valence-corrected chi connectivity index (χ3v) is 12.3. The molecule has 6 nitrogen and oxygen atoms in total. The molecule has 2 atom stereocenters. The molecule has 0 bridgehead atoms. The van der Waals surface area contributed by atoms with Gasteiger partial charge in [0.15, 0.2) is 24.1 Å². The van der Waals surface area contributed by atoms with Crippen LogP contribution in [0.2, 0.25) is 0 Å². The van der Waals surface area contributed by atoms with Gasteiger partial charge in [-0.25, -0.2) is 4.39 Å². The predicted octanol–water partition coefficient (Wildman–Crippen LogP) is 13.8. The Hall–Kier alpha value is -3.03. The summed E-state index contributed by atoms with van der Waals surface area (Å²) in [5, 5.41) is 0. The fraction of sp³-hybridized carbons (Fsp3) is 0.727. The van der Waals surface area contributed by atoms with E-state index < -0.39 is 66.8 Å². The van der Waals surface area contributed by atoms with Gasteiger partial charge in [-0.05, 0) is 60.8 Å². The quantitative estimate of drug-likeness (QED) is 0.176. The monoisotopic (exact) mass is 926 g/mol. The number of ether oxygens (including phenoxy) is 6. The van der Waals surface area contributed by atoms with E-state index in [0.29, 0.717) is 37.9 Å². The van der Waals surface area contributed by atoms with Gasteiger partial charge in [-0.15, -0.1) is 0 Å². The van der Waals surface area contributed by atoms with Crippen LogP contribution in [0.5, 0.6) is 11.5 Å². The molecule has 2 aromatic carbocycles. The van der Waals surface area contributed by atoms with Crippen LogP contribution in [0.15, 0.2) is 42.5 Å². The molecular weight excluding hydrogens is 871 g/mol. The van der Waals surface area contributed by atoms with E-state index in [1.807, 2.05) is 0 Å². The van der Waals surface area contributed by atoms with Crippen molar-refractivity contribution in [3.63, 3.8) is 0 Å². The standard InChI is InChI=1S/C22H27F7O3.C22H28F6O3/c1-13-2-4-14(5-3-13)6-7-15-11-30-19(31-12-15)16-8-9-18(17(23)10-16)32-20(24)21(25,26)22(27,28)29;1-14-2-4-15(5-3-14)6-7-16-12-29-19(30-13-16)17-8-10-18(11-9-17)31-20(23)21(24,25)22(26,27)28/h8-10,13-15,19-20H,2-7,11-12H2,1H3;8-11,14-16,19-20H,2-7,12-13H2,1H3. The molecule has 0 radical (unpaired) electrons. The Morgan fingerprint density at radius 2 is 0.873 bits per heavy atom. The predicted molar refractivity (Wildman–Crippen MR) is 203 cm³/mol. The van der Waals surface area contributed by atoms with Crippen molar-refractivity contribution in [1.29, 1.82) is 0 Å². The summed E-state index contributed by atoms with van der Waals surface area (Å²) in [7, 11) is 0. The summed E-state index contributed by atoms with van der Waals surface area (Å²) >= 11 is 0. The lowest BCUT2D eigenvalue weighted by Crippen LogP contribution is -2.47. The Morgan fingerprint density at radius 3 is 1.27 bits per heavy atom. The molecule has 63 heavy (non-hydrogen) atoms. The van der Waals surface area contributed by atoms with Crippen LogP contribution >= 0.6 is 0 Å². The highest BCUT2D eigenvalue weighted by Gasteiger charge is 2.66. The summed E-state index contributed by atoms with van der Waals surface area (Å²) in [6.45, 7) is 6.42. The first-order valence-electron chi connectivity index (χ1n) is 21.4. The van der Waals surface area contributed by atoms with Crippen LogP contribution in [-0.4, -0.2) is 63.3 Å². The van der Waals surface area contributed by atoms with Gasteiger partial charge < -0.3 is 28.4 Å². The number of benzene rings is 2. The number of hydrogen-bond acceptors (Lipinski definition) is 6. The minimum Gasteiger partial charge on any atom is -0.454 e. The maximum absolute atomic E-state index is 14.2. The lowest BCUT2D eigenvalue weighted by Gasteiger charge is -2.32. The zero-order valence-electron chi connectivity index (χ0n) is 35.0. The highest BCUT2D eigenvalue weighted by Crippen LogP contribution is 2.43. The summed E-state index contributed by atoms with van der Waals surface area (Å²) in [6.07, 6.45) is -7.34. The van der Waals surface area contributed by atoms with Gasteiger partial charge in [-0.2, -0.15) is 52.7 Å². The Labute approximate surface area is 358 Å². The fourth-order valence-electron chi connectivity index (χ4n) is 8.08. The first kappa shape index (κ1) is 51.0. The van der Waals surface area contributed by atoms with E-state index in [0.717, 1.165) is 73.6 Å². The summed E-state index contributed by atoms with van der Waals surface area (Å²) < 4.78 is 197. The zero-order chi connectivity index (χ0) is 46.2. The first-order valence-corrected chi connectivity index (χ1v) is 21.4. The molecule has 4 fully saturated rings. The lowest BCUT2D eigenvalue weighted by atomic mass is 9.80. The van der Waals surface area contributed by atoms with Crippen molar-refractivity contribution in [2.75, 3.05) is 26.4 Å². The van der Waals surface area contributed by atoms with E-state index in [1.165, 1.54) is 69.6 Å². The van der Waals surface area contributed by atoms with E-state index >= 15 is 0 Å². The van der Waals surface area contributed by atoms with Crippen LogP contribution in [0.1, 0.15) is 115 Å². The van der Waals surface area contributed by atoms with Gasteiger partial charge in [-0.3, -0.25) is 0 Å². The number of rotatable bonds is 14. The van der Waals surface area contributed by atoms with Crippen molar-refractivity contribution < 1.29 is 85.5 Å². The van der Waals surface area contributed by atoms with Crippen LogP contribution in [0.25, 0.3) is 0 Å². The summed E-state index contributed by atoms with van der Waals surface area (Å²) in [5.41, 5.74) is 0.734. The number of alkyl halides is 12. The van der Waals surface area contributed by atoms with Crippen LogP contribution in [-0.2, 0) is 18.9 Å². The van der Waals surface area contributed by atoms with Crippen molar-refractivity contribution in [2.45, 2.75) is 140 Å². The maximum atomic E-state index is 14.2. The summed E-state index contributed by atoms with van der Waals surface area (Å²) in [4.78, 5) is 0. The molecule has 2 heterocycles. The van der Waals surface area contributed by atoms with E-state index in [-0.39, 0.29) is 11.5 Å². The van der Waals surface area contributed by atoms with Crippen molar-refractivity contribution in [2.24, 2.45) is 35.5 Å². The van der Waals surface area contributed by atoms with Crippen LogP contribution in [0, 0.1) is 41.3 Å². The first-order chi connectivity index (χ1) is 29.5. The molecule has 2 aliphatic heterocycles. The van der Waals surface area contributed by atoms with Crippen molar-refractivity contribution in [3.05, 3.63) is 59.4 Å². The van der Waals surface area contributed by atoms with Crippen molar-refractivity contribution >= 4 is 0 Å². The van der Waals surface area contributed by atoms with Crippen LogP contribution in [0.4, 0.5) is 57.1 Å². The van der Waals surface area contributed by atoms with E-state index in [1.54, 1.807) is 0 Å². The molecule has 0 amide bonds. The fourth-order valence-corrected chi connectivity index (χ4v) is 8.08. The third kappa shape index (κ3) is 14.2. The van der Waals surface area contributed by atoms with Gasteiger partial charge in [0.05, 0.1) is 26.4 Å². The Morgan fingerprint density at radius 1 is 0.508 bits per heavy atom. The second-order valence-corrected chi connectivity index (χ2v) is 17.5. The van der Waals surface area contributed by atoms with Gasteiger partial charge in [0, 0.05) is 23.0 Å². The van der Waals surface area contributed by atoms with Gasteiger partial charge >= 0.3 is 36.9 Å². The Kier molecular flexibility index (Phi) is 17.8. The average Bonchev–Trinajstić information content (AvgIpc) is 3.24. The van der Waals surface area contributed by atoms with Gasteiger partial charge in [-0.1, -0.05) is 96.3 Å². The average molecular weight is 927 g/mol. The van der Waals surface area contributed by atoms with Crippen LogP contribution in [0.3, 0.4) is 0 Å². The summed E-state index contributed by atoms with van der Waals surface area (Å²) in [6, 6.07) is 7.75. The third-order valence-electron chi connectivity index (χ3n) is 12.3. The molecule has 2 aliphatic carbocycles. The smallest absolute Gasteiger partial charge is 0.454 e. The zero-order valence-corrected chi connectivity index (χ0v) is 35.0. The molecule has 2 unspecified atom stereocenters. The Balaban J connectivity index is 0.000000238. The molecule has 6 rings (SSSR count). The molecule has 19 heteroatoms. The molecule has 0 aromatic heterocycles. The van der Waals surface area contributed by atoms with Gasteiger partial charge in [0.1, 0.15) is 5.75 Å². The minimum atomic E-state index is -6.17. The second-order valence-electron chi connectivity index (χ2n) is 17.5. The molecule has 358 valence electrons. The molecule has 2 saturated carbocycles. The molecule has 4 aliphatic rings. The highest BCUT2D eigenvalue weighted by atomic mass is 19.4. The summed E-state index contributed by atoms with van der Waals surface area (Å²) in [5.74, 6) is -10.6. The molecule has 0 spiro atoms. The second kappa shape index (κ2) is 22.0. The van der Waals surface area contributed by atoms with Crippen molar-refractivity contribution in [3.8, 4) is 11.5 Å². The molecule has 2 aromatic rings. The Bertz CT molecular complexity index is 1660. The molecule has 0 N–H and O–H groups in total. The lowest BCUT2D eigenvalue weighted by molar-refractivity contribution is -0.328. The minimum absolute atomic E-state index is 0.188. The van der Waals surface area contributed by atoms with Gasteiger partial charge in [0.2, 0.25) is 0 Å². The topological polar surface area (TPSA) is 55.4 Å². The van der Waals surface area contributed by atoms with E-state index in [2.05, 4.69) is 23.3 Å². The number of hydrogen-bond donors (Lipinski definition) is 0. The van der Waals surface area contributed by atoms with E-state index in [4.69, 9.17) is 18.9 Å². The normalized spacial score (nSPS) is 28.6. The largest absolute Gasteiger partial charge is 0.460 e. The van der Waals surface area contributed by atoms with Crippen molar-refractivity contribution in [1.82, 2.24) is 0 Å². The molecular formula is C44H55F13O6. The maximum Gasteiger partial charge on any atom is 0.460 e. The van der Waals surface area contributed by atoms with Gasteiger partial charge in [0.25, 0.3) is 0 Å². The van der Waals surface area contributed by atoms with Crippen LogP contribution < -0.4 is 9.47 Å². The highest BCUT2D eigenvalue weighted by molar-refractivity contribution is 5.31. The SMILES string of the molecule is CC1CCC(CCC2COC(c3ccc(OC(F)C(F)(F)C(F)(F)F)c(F)c3)OC2)CC1.CC1CCC(CCC2COC(c3ccc(OC(F)C(F)(F)C(F)(F)F)cc3)OC2)CC1.